The maximum Gasteiger partial charge on any atom is 0.313 e. The number of hydrogen-bond donors (Lipinski definition) is 2. The van der Waals surface area contributed by atoms with Gasteiger partial charge in [0.05, 0.1) is 18.1 Å². The number of thioether (sulfide) groups is 2. The van der Waals surface area contributed by atoms with Gasteiger partial charge in [0.15, 0.2) is 0 Å². The average Bonchev–Trinajstić information content (AvgIpc) is 2.62. The first-order chi connectivity index (χ1) is 12.5. The van der Waals surface area contributed by atoms with Gasteiger partial charge in [-0.05, 0) is 48.9 Å². The molecule has 7 heteroatoms. The highest BCUT2D eigenvalue weighted by Gasteiger charge is 2.15. The molecule has 1 amide bonds. The second kappa shape index (κ2) is 10.1. The number of amides is 1. The summed E-state index contributed by atoms with van der Waals surface area (Å²) in [7, 11) is 1.62. The van der Waals surface area contributed by atoms with Crippen LogP contribution < -0.4 is 10.1 Å². The Balaban J connectivity index is 1.90. The highest BCUT2D eigenvalue weighted by molar-refractivity contribution is 8.00. The fraction of sp³-hybridized carbons (Fsp3) is 0.263. The molecule has 0 aromatic heterocycles. The van der Waals surface area contributed by atoms with Crippen molar-refractivity contribution in [2.75, 3.05) is 18.2 Å². The Hall–Kier alpha value is -2.12. The zero-order chi connectivity index (χ0) is 18.9. The second-order valence-electron chi connectivity index (χ2n) is 5.51. The lowest BCUT2D eigenvalue weighted by Crippen LogP contribution is -2.22. The van der Waals surface area contributed by atoms with E-state index in [-0.39, 0.29) is 16.9 Å². The van der Waals surface area contributed by atoms with Gasteiger partial charge in [0.2, 0.25) is 5.91 Å². The van der Waals surface area contributed by atoms with E-state index in [9.17, 15) is 9.59 Å². The van der Waals surface area contributed by atoms with Gasteiger partial charge in [-0.1, -0.05) is 12.1 Å². The molecular weight excluding hydrogens is 370 g/mol. The summed E-state index contributed by atoms with van der Waals surface area (Å²) in [6, 6.07) is 15.1. The standard InChI is InChI=1S/C19H21NO4S2/c1-13(26-17-8-6-16(24-2)7-9-17)19(23)20-15-5-3-4-14(10-15)11-25-12-18(21)22/h3-10,13H,11-12H2,1-2H3,(H,20,23)(H,21,22). The normalized spacial score (nSPS) is 11.6. The lowest BCUT2D eigenvalue weighted by atomic mass is 10.2. The largest absolute Gasteiger partial charge is 0.497 e. The minimum Gasteiger partial charge on any atom is -0.497 e. The molecule has 2 rings (SSSR count). The molecule has 0 saturated carbocycles. The predicted octanol–water partition coefficient (Wildman–Crippen LogP) is 4.13. The van der Waals surface area contributed by atoms with Gasteiger partial charge in [0.1, 0.15) is 5.75 Å². The van der Waals surface area contributed by atoms with Crippen LogP contribution in [-0.2, 0) is 15.3 Å². The number of carbonyl (C=O) groups is 2. The Morgan fingerprint density at radius 2 is 1.92 bits per heavy atom. The molecule has 0 heterocycles. The number of benzene rings is 2. The van der Waals surface area contributed by atoms with Crippen molar-refractivity contribution < 1.29 is 19.4 Å². The molecule has 0 aliphatic rings. The molecule has 26 heavy (non-hydrogen) atoms. The van der Waals surface area contributed by atoms with Crippen molar-refractivity contribution in [3.05, 3.63) is 54.1 Å². The minimum atomic E-state index is -0.830. The molecule has 2 aromatic carbocycles. The first-order valence-electron chi connectivity index (χ1n) is 7.98. The molecule has 0 spiro atoms. The highest BCUT2D eigenvalue weighted by atomic mass is 32.2. The molecule has 0 fully saturated rings. The lowest BCUT2D eigenvalue weighted by molar-refractivity contribution is -0.133. The van der Waals surface area contributed by atoms with Crippen LogP contribution in [0.25, 0.3) is 0 Å². The fourth-order valence-corrected chi connectivity index (χ4v) is 3.71. The topological polar surface area (TPSA) is 75.6 Å². The monoisotopic (exact) mass is 391 g/mol. The van der Waals surface area contributed by atoms with Crippen LogP contribution in [0.5, 0.6) is 5.75 Å². The van der Waals surface area contributed by atoms with Crippen LogP contribution in [0.15, 0.2) is 53.4 Å². The molecule has 138 valence electrons. The number of methoxy groups -OCH3 is 1. The van der Waals surface area contributed by atoms with Crippen LogP contribution in [-0.4, -0.2) is 35.1 Å². The van der Waals surface area contributed by atoms with Crippen molar-refractivity contribution in [3.8, 4) is 5.75 Å². The predicted molar refractivity (Wildman–Crippen MR) is 107 cm³/mol. The molecule has 1 atom stereocenters. The maximum atomic E-state index is 12.4. The number of aliphatic carboxylic acids is 1. The van der Waals surface area contributed by atoms with Gasteiger partial charge in [0, 0.05) is 16.3 Å². The third kappa shape index (κ3) is 6.65. The quantitative estimate of drug-likeness (QED) is 0.626. The number of hydrogen-bond acceptors (Lipinski definition) is 5. The van der Waals surface area contributed by atoms with E-state index in [2.05, 4.69) is 5.32 Å². The molecule has 2 aromatic rings. The van der Waals surface area contributed by atoms with E-state index in [4.69, 9.17) is 9.84 Å². The molecule has 1 unspecified atom stereocenters. The summed E-state index contributed by atoms with van der Waals surface area (Å²) in [5.41, 5.74) is 1.69. The summed E-state index contributed by atoms with van der Waals surface area (Å²) in [5, 5.41) is 11.3. The van der Waals surface area contributed by atoms with Crippen molar-refractivity contribution >= 4 is 41.1 Å². The van der Waals surface area contributed by atoms with Crippen molar-refractivity contribution in [2.24, 2.45) is 0 Å². The van der Waals surface area contributed by atoms with Crippen molar-refractivity contribution in [2.45, 2.75) is 22.8 Å². The van der Waals surface area contributed by atoms with Gasteiger partial charge >= 0.3 is 5.97 Å². The Labute approximate surface area is 161 Å². The third-order valence-electron chi connectivity index (χ3n) is 3.43. The summed E-state index contributed by atoms with van der Waals surface area (Å²) in [6.07, 6.45) is 0. The summed E-state index contributed by atoms with van der Waals surface area (Å²) in [6.45, 7) is 1.86. The van der Waals surface area contributed by atoms with E-state index in [1.807, 2.05) is 55.5 Å². The first-order valence-corrected chi connectivity index (χ1v) is 10.0. The SMILES string of the molecule is COc1ccc(SC(C)C(=O)Nc2cccc(CSCC(=O)O)c2)cc1. The molecule has 0 aliphatic carbocycles. The molecule has 0 saturated heterocycles. The number of rotatable bonds is 9. The number of carbonyl (C=O) groups excluding carboxylic acids is 1. The maximum absolute atomic E-state index is 12.4. The van der Waals surface area contributed by atoms with Crippen molar-refractivity contribution in [3.63, 3.8) is 0 Å². The Kier molecular flexibility index (Phi) is 7.87. The van der Waals surface area contributed by atoms with E-state index < -0.39 is 5.97 Å². The molecule has 2 N–H and O–H groups in total. The summed E-state index contributed by atoms with van der Waals surface area (Å²) >= 11 is 2.80. The zero-order valence-electron chi connectivity index (χ0n) is 14.6. The van der Waals surface area contributed by atoms with E-state index in [1.54, 1.807) is 7.11 Å². The molecule has 0 bridgehead atoms. The van der Waals surface area contributed by atoms with Crippen molar-refractivity contribution in [1.29, 1.82) is 0 Å². The number of nitrogens with one attached hydrogen (secondary N) is 1. The fourth-order valence-electron chi connectivity index (χ4n) is 2.15. The van der Waals surface area contributed by atoms with Crippen LogP contribution in [0.4, 0.5) is 5.69 Å². The van der Waals surface area contributed by atoms with Crippen LogP contribution in [0.3, 0.4) is 0 Å². The number of ether oxygens (including phenoxy) is 1. The van der Waals surface area contributed by atoms with E-state index >= 15 is 0 Å². The third-order valence-corrected chi connectivity index (χ3v) is 5.53. The summed E-state index contributed by atoms with van der Waals surface area (Å²) in [5.74, 6) is 0.521. The Bertz CT molecular complexity index is 749. The molecule has 0 radical (unpaired) electrons. The highest BCUT2D eigenvalue weighted by Crippen LogP contribution is 2.26. The number of anilines is 1. The van der Waals surface area contributed by atoms with Crippen LogP contribution in [0.1, 0.15) is 12.5 Å². The molecule has 5 nitrogen and oxygen atoms in total. The number of carboxylic acid groups (broad SMARTS) is 1. The summed E-state index contributed by atoms with van der Waals surface area (Å²) < 4.78 is 5.13. The Morgan fingerprint density at radius 1 is 1.19 bits per heavy atom. The molecule has 0 aliphatic heterocycles. The second-order valence-corrected chi connectivity index (χ2v) is 7.91. The van der Waals surface area contributed by atoms with Gasteiger partial charge in [0.25, 0.3) is 0 Å². The minimum absolute atomic E-state index is 0.0616. The summed E-state index contributed by atoms with van der Waals surface area (Å²) in [4.78, 5) is 24.0. The van der Waals surface area contributed by atoms with Gasteiger partial charge in [-0.2, -0.15) is 0 Å². The lowest BCUT2D eigenvalue weighted by Gasteiger charge is -2.13. The van der Waals surface area contributed by atoms with Gasteiger partial charge in [-0.3, -0.25) is 9.59 Å². The number of carboxylic acids is 1. The smallest absolute Gasteiger partial charge is 0.313 e. The van der Waals surface area contributed by atoms with Crippen molar-refractivity contribution in [1.82, 2.24) is 0 Å². The van der Waals surface area contributed by atoms with E-state index in [0.717, 1.165) is 16.2 Å². The van der Waals surface area contributed by atoms with E-state index in [1.165, 1.54) is 23.5 Å². The van der Waals surface area contributed by atoms with Crippen LogP contribution >= 0.6 is 23.5 Å². The Morgan fingerprint density at radius 3 is 2.58 bits per heavy atom. The first kappa shape index (κ1) is 20.2. The van der Waals surface area contributed by atoms with E-state index in [0.29, 0.717) is 11.4 Å². The van der Waals surface area contributed by atoms with Crippen LogP contribution in [0, 0.1) is 0 Å². The van der Waals surface area contributed by atoms with Gasteiger partial charge < -0.3 is 15.2 Å². The van der Waals surface area contributed by atoms with Gasteiger partial charge in [-0.25, -0.2) is 0 Å². The zero-order valence-corrected chi connectivity index (χ0v) is 16.2. The average molecular weight is 392 g/mol. The van der Waals surface area contributed by atoms with Crippen LogP contribution in [0.2, 0.25) is 0 Å². The van der Waals surface area contributed by atoms with Gasteiger partial charge in [-0.15, -0.1) is 23.5 Å². The molecular formula is C19H21NO4S2.